The van der Waals surface area contributed by atoms with Crippen LogP contribution in [0.3, 0.4) is 0 Å². The van der Waals surface area contributed by atoms with Crippen LogP contribution in [-0.2, 0) is 6.54 Å². The lowest BCUT2D eigenvalue weighted by molar-refractivity contribution is 0.416. The number of para-hydroxylation sites is 1. The van der Waals surface area contributed by atoms with Crippen molar-refractivity contribution in [3.05, 3.63) is 36.0 Å². The molecule has 2 rings (SSSR count). The van der Waals surface area contributed by atoms with E-state index in [4.69, 9.17) is 10.5 Å². The van der Waals surface area contributed by atoms with Gasteiger partial charge in [-0.1, -0.05) is 12.1 Å². The van der Waals surface area contributed by atoms with E-state index >= 15 is 0 Å². The summed E-state index contributed by atoms with van der Waals surface area (Å²) in [6.45, 7) is 4.81. The number of benzene rings is 1. The van der Waals surface area contributed by atoms with E-state index in [1.165, 1.54) is 0 Å². The molecule has 0 aliphatic heterocycles. The minimum Gasteiger partial charge on any atom is -0.496 e. The second-order valence-corrected chi connectivity index (χ2v) is 4.26. The van der Waals surface area contributed by atoms with Gasteiger partial charge in [-0.3, -0.25) is 4.68 Å². The molecule has 2 aromatic rings. The Labute approximate surface area is 107 Å². The Morgan fingerprint density at radius 2 is 2.11 bits per heavy atom. The van der Waals surface area contributed by atoms with E-state index in [1.54, 1.807) is 7.11 Å². The summed E-state index contributed by atoms with van der Waals surface area (Å²) < 4.78 is 7.35. The van der Waals surface area contributed by atoms with Crippen LogP contribution >= 0.6 is 0 Å². The average Bonchev–Trinajstić information content (AvgIpc) is 2.82. The van der Waals surface area contributed by atoms with E-state index in [2.05, 4.69) is 12.0 Å². The van der Waals surface area contributed by atoms with Crippen molar-refractivity contribution >= 4 is 0 Å². The highest BCUT2D eigenvalue weighted by Crippen LogP contribution is 2.30. The Hall–Kier alpha value is -1.81. The third kappa shape index (κ3) is 2.24. The van der Waals surface area contributed by atoms with Crippen LogP contribution in [0.1, 0.15) is 25.6 Å². The fraction of sp³-hybridized carbons (Fsp3) is 0.357. The maximum Gasteiger partial charge on any atom is 0.128 e. The molecule has 0 saturated heterocycles. The van der Waals surface area contributed by atoms with Gasteiger partial charge in [0.25, 0.3) is 0 Å². The minimum atomic E-state index is -0.0637. The minimum absolute atomic E-state index is 0.0637. The smallest absolute Gasteiger partial charge is 0.128 e. The predicted octanol–water partition coefficient (Wildman–Crippen LogP) is 2.60. The van der Waals surface area contributed by atoms with Crippen LogP contribution in [0, 0.1) is 0 Å². The van der Waals surface area contributed by atoms with Gasteiger partial charge >= 0.3 is 0 Å². The number of ether oxygens (including phenoxy) is 1. The van der Waals surface area contributed by atoms with E-state index in [0.717, 1.165) is 29.2 Å². The van der Waals surface area contributed by atoms with E-state index in [9.17, 15) is 0 Å². The van der Waals surface area contributed by atoms with E-state index in [0.29, 0.717) is 0 Å². The molecule has 0 radical (unpaired) electrons. The van der Waals surface area contributed by atoms with Crippen LogP contribution in [0.4, 0.5) is 0 Å². The van der Waals surface area contributed by atoms with Crippen LogP contribution in [0.2, 0.25) is 0 Å². The Kier molecular flexibility index (Phi) is 3.67. The van der Waals surface area contributed by atoms with Crippen molar-refractivity contribution in [1.82, 2.24) is 9.78 Å². The van der Waals surface area contributed by atoms with E-state index in [1.807, 2.05) is 41.9 Å². The topological polar surface area (TPSA) is 53.1 Å². The SMILES string of the molecule is CCn1nc(C(C)N)cc1-c1ccccc1OC. The molecule has 0 aliphatic rings. The molecular weight excluding hydrogens is 226 g/mol. The molecule has 18 heavy (non-hydrogen) atoms. The number of rotatable bonds is 4. The number of nitrogens with zero attached hydrogens (tertiary/aromatic N) is 2. The maximum absolute atomic E-state index is 5.89. The van der Waals surface area contributed by atoms with Gasteiger partial charge < -0.3 is 10.5 Å². The van der Waals surface area contributed by atoms with Crippen LogP contribution in [0.5, 0.6) is 5.75 Å². The second kappa shape index (κ2) is 5.23. The third-order valence-corrected chi connectivity index (χ3v) is 2.95. The molecule has 0 spiro atoms. The Morgan fingerprint density at radius 3 is 2.72 bits per heavy atom. The summed E-state index contributed by atoms with van der Waals surface area (Å²) >= 11 is 0. The van der Waals surface area contributed by atoms with Gasteiger partial charge in [0.15, 0.2) is 0 Å². The number of hydrogen-bond donors (Lipinski definition) is 1. The van der Waals surface area contributed by atoms with Crippen molar-refractivity contribution in [2.45, 2.75) is 26.4 Å². The fourth-order valence-electron chi connectivity index (χ4n) is 1.97. The highest BCUT2D eigenvalue weighted by atomic mass is 16.5. The number of methoxy groups -OCH3 is 1. The van der Waals surface area contributed by atoms with Crippen LogP contribution in [-0.4, -0.2) is 16.9 Å². The summed E-state index contributed by atoms with van der Waals surface area (Å²) in [6, 6.07) is 9.91. The molecule has 1 atom stereocenters. The molecular formula is C14H19N3O. The number of nitrogens with two attached hydrogens (primary N) is 1. The average molecular weight is 245 g/mol. The van der Waals surface area contributed by atoms with E-state index < -0.39 is 0 Å². The molecule has 96 valence electrons. The van der Waals surface area contributed by atoms with Crippen LogP contribution < -0.4 is 10.5 Å². The number of aromatic nitrogens is 2. The van der Waals surface area contributed by atoms with Crippen LogP contribution in [0.25, 0.3) is 11.3 Å². The van der Waals surface area contributed by atoms with Crippen LogP contribution in [0.15, 0.2) is 30.3 Å². The molecule has 0 amide bonds. The van der Waals surface area contributed by atoms with Gasteiger partial charge in [0.1, 0.15) is 5.75 Å². The first-order chi connectivity index (χ1) is 8.67. The molecule has 1 heterocycles. The number of hydrogen-bond acceptors (Lipinski definition) is 3. The predicted molar refractivity (Wildman–Crippen MR) is 72.5 cm³/mol. The zero-order valence-electron chi connectivity index (χ0n) is 11.1. The van der Waals surface area contributed by atoms with Crippen molar-refractivity contribution in [3.63, 3.8) is 0 Å². The zero-order valence-corrected chi connectivity index (χ0v) is 11.1. The van der Waals surface area contributed by atoms with Gasteiger partial charge in [0.05, 0.1) is 18.5 Å². The first-order valence-electron chi connectivity index (χ1n) is 6.14. The Morgan fingerprint density at radius 1 is 1.39 bits per heavy atom. The van der Waals surface area contributed by atoms with Gasteiger partial charge in [-0.2, -0.15) is 5.10 Å². The zero-order chi connectivity index (χ0) is 13.1. The standard InChI is InChI=1S/C14H19N3O/c1-4-17-13(9-12(16-17)10(2)15)11-7-5-6-8-14(11)18-3/h5-10H,4,15H2,1-3H3. The molecule has 4 heteroatoms. The molecule has 0 saturated carbocycles. The van der Waals surface area contributed by atoms with Gasteiger partial charge in [-0.15, -0.1) is 0 Å². The maximum atomic E-state index is 5.89. The quantitative estimate of drug-likeness (QED) is 0.900. The van der Waals surface area contributed by atoms with Crippen molar-refractivity contribution in [2.75, 3.05) is 7.11 Å². The molecule has 1 aromatic carbocycles. The Bertz CT molecular complexity index is 532. The van der Waals surface area contributed by atoms with Gasteiger partial charge in [-0.25, -0.2) is 0 Å². The van der Waals surface area contributed by atoms with Gasteiger partial charge in [0, 0.05) is 18.2 Å². The summed E-state index contributed by atoms with van der Waals surface area (Å²) in [4.78, 5) is 0. The fourth-order valence-corrected chi connectivity index (χ4v) is 1.97. The molecule has 0 bridgehead atoms. The normalized spacial score (nSPS) is 12.4. The Balaban J connectivity index is 2.55. The first-order valence-corrected chi connectivity index (χ1v) is 6.14. The molecule has 1 aromatic heterocycles. The van der Waals surface area contributed by atoms with Crippen molar-refractivity contribution < 1.29 is 4.74 Å². The monoisotopic (exact) mass is 245 g/mol. The lowest BCUT2D eigenvalue weighted by Gasteiger charge is -2.09. The summed E-state index contributed by atoms with van der Waals surface area (Å²) in [6.07, 6.45) is 0. The summed E-state index contributed by atoms with van der Waals surface area (Å²) in [5.74, 6) is 0.850. The van der Waals surface area contributed by atoms with Crippen molar-refractivity contribution in [2.24, 2.45) is 5.73 Å². The first kappa shape index (κ1) is 12.6. The molecule has 2 N–H and O–H groups in total. The third-order valence-electron chi connectivity index (χ3n) is 2.95. The molecule has 4 nitrogen and oxygen atoms in total. The number of aryl methyl sites for hydroxylation is 1. The second-order valence-electron chi connectivity index (χ2n) is 4.26. The van der Waals surface area contributed by atoms with Crippen molar-refractivity contribution in [3.8, 4) is 17.0 Å². The summed E-state index contributed by atoms with van der Waals surface area (Å²) in [5, 5.41) is 4.52. The summed E-state index contributed by atoms with van der Waals surface area (Å²) in [5.41, 5.74) is 8.88. The molecule has 0 aliphatic carbocycles. The largest absolute Gasteiger partial charge is 0.496 e. The highest BCUT2D eigenvalue weighted by molar-refractivity contribution is 5.67. The molecule has 0 fully saturated rings. The lowest BCUT2D eigenvalue weighted by atomic mass is 10.1. The van der Waals surface area contributed by atoms with Gasteiger partial charge in [0.2, 0.25) is 0 Å². The summed E-state index contributed by atoms with van der Waals surface area (Å²) in [7, 11) is 1.68. The molecule has 1 unspecified atom stereocenters. The van der Waals surface area contributed by atoms with Gasteiger partial charge in [-0.05, 0) is 32.0 Å². The van der Waals surface area contributed by atoms with E-state index in [-0.39, 0.29) is 6.04 Å². The van der Waals surface area contributed by atoms with Crippen molar-refractivity contribution in [1.29, 1.82) is 0 Å². The highest BCUT2D eigenvalue weighted by Gasteiger charge is 2.14. The lowest BCUT2D eigenvalue weighted by Crippen LogP contribution is -2.07.